The SMILES string of the molecule is CCCNCc1ccc(F)c(COc2ccc(C)nc2)c1. The minimum absolute atomic E-state index is 0.207. The highest BCUT2D eigenvalue weighted by Crippen LogP contribution is 2.15. The maximum Gasteiger partial charge on any atom is 0.138 e. The molecular weight excluding hydrogens is 267 g/mol. The number of benzene rings is 1. The number of hydrogen-bond acceptors (Lipinski definition) is 3. The van der Waals surface area contributed by atoms with Gasteiger partial charge in [0, 0.05) is 17.8 Å². The first kappa shape index (κ1) is 15.4. The van der Waals surface area contributed by atoms with Gasteiger partial charge in [-0.15, -0.1) is 0 Å². The van der Waals surface area contributed by atoms with Crippen molar-refractivity contribution in [1.82, 2.24) is 10.3 Å². The normalized spacial score (nSPS) is 10.6. The van der Waals surface area contributed by atoms with Crippen molar-refractivity contribution >= 4 is 0 Å². The van der Waals surface area contributed by atoms with Gasteiger partial charge >= 0.3 is 0 Å². The molecule has 1 heterocycles. The Labute approximate surface area is 125 Å². The lowest BCUT2D eigenvalue weighted by molar-refractivity contribution is 0.298. The average molecular weight is 288 g/mol. The molecule has 4 heteroatoms. The summed E-state index contributed by atoms with van der Waals surface area (Å²) in [7, 11) is 0. The Morgan fingerprint density at radius 1 is 1.24 bits per heavy atom. The predicted octanol–water partition coefficient (Wildman–Crippen LogP) is 3.61. The molecule has 0 amide bonds. The number of hydrogen-bond donors (Lipinski definition) is 1. The van der Waals surface area contributed by atoms with E-state index >= 15 is 0 Å². The van der Waals surface area contributed by atoms with Gasteiger partial charge in [0.05, 0.1) is 6.20 Å². The fourth-order valence-corrected chi connectivity index (χ4v) is 1.96. The van der Waals surface area contributed by atoms with E-state index in [1.165, 1.54) is 6.07 Å². The minimum atomic E-state index is -0.241. The van der Waals surface area contributed by atoms with Crippen molar-refractivity contribution in [2.75, 3.05) is 6.54 Å². The van der Waals surface area contributed by atoms with E-state index in [4.69, 9.17) is 4.74 Å². The molecule has 21 heavy (non-hydrogen) atoms. The van der Waals surface area contributed by atoms with Gasteiger partial charge < -0.3 is 10.1 Å². The number of halogens is 1. The fourth-order valence-electron chi connectivity index (χ4n) is 1.96. The average Bonchev–Trinajstić information content (AvgIpc) is 2.49. The monoisotopic (exact) mass is 288 g/mol. The molecule has 0 radical (unpaired) electrons. The lowest BCUT2D eigenvalue weighted by Crippen LogP contribution is -2.14. The van der Waals surface area contributed by atoms with Gasteiger partial charge in [0.2, 0.25) is 0 Å². The largest absolute Gasteiger partial charge is 0.487 e. The molecule has 1 N–H and O–H groups in total. The number of ether oxygens (including phenoxy) is 1. The van der Waals surface area contributed by atoms with Crippen LogP contribution >= 0.6 is 0 Å². The van der Waals surface area contributed by atoms with E-state index < -0.39 is 0 Å². The Kier molecular flexibility index (Phi) is 5.69. The van der Waals surface area contributed by atoms with Gasteiger partial charge in [-0.1, -0.05) is 13.0 Å². The van der Waals surface area contributed by atoms with Crippen molar-refractivity contribution in [3.8, 4) is 5.75 Å². The second-order valence-electron chi connectivity index (χ2n) is 5.03. The van der Waals surface area contributed by atoms with Crippen LogP contribution < -0.4 is 10.1 Å². The summed E-state index contributed by atoms with van der Waals surface area (Å²) in [6, 6.07) is 8.85. The predicted molar refractivity (Wildman–Crippen MR) is 81.7 cm³/mol. The zero-order valence-electron chi connectivity index (χ0n) is 12.5. The van der Waals surface area contributed by atoms with Crippen LogP contribution in [0.4, 0.5) is 4.39 Å². The van der Waals surface area contributed by atoms with Crippen LogP contribution in [0.5, 0.6) is 5.75 Å². The molecule has 0 saturated heterocycles. The topological polar surface area (TPSA) is 34.1 Å². The highest BCUT2D eigenvalue weighted by molar-refractivity contribution is 5.26. The third-order valence-corrected chi connectivity index (χ3v) is 3.14. The molecule has 2 rings (SSSR count). The van der Waals surface area contributed by atoms with Crippen LogP contribution in [-0.2, 0) is 13.2 Å². The zero-order valence-corrected chi connectivity index (χ0v) is 12.5. The van der Waals surface area contributed by atoms with Crippen LogP contribution in [0.15, 0.2) is 36.5 Å². The fraction of sp³-hybridized carbons (Fsp3) is 0.353. The van der Waals surface area contributed by atoms with Crippen LogP contribution in [-0.4, -0.2) is 11.5 Å². The molecule has 0 atom stereocenters. The van der Waals surface area contributed by atoms with Gasteiger partial charge in [0.15, 0.2) is 0 Å². The van der Waals surface area contributed by atoms with Crippen LogP contribution in [0.2, 0.25) is 0 Å². The van der Waals surface area contributed by atoms with Crippen LogP contribution in [0, 0.1) is 12.7 Å². The number of aryl methyl sites for hydroxylation is 1. The molecule has 1 aromatic heterocycles. The second kappa shape index (κ2) is 7.74. The highest BCUT2D eigenvalue weighted by atomic mass is 19.1. The molecule has 0 aliphatic heterocycles. The number of nitrogens with one attached hydrogen (secondary N) is 1. The summed E-state index contributed by atoms with van der Waals surface area (Å²) in [5.41, 5.74) is 2.55. The maximum absolute atomic E-state index is 13.8. The maximum atomic E-state index is 13.8. The second-order valence-corrected chi connectivity index (χ2v) is 5.03. The molecule has 0 unspecified atom stereocenters. The summed E-state index contributed by atoms with van der Waals surface area (Å²) in [6.07, 6.45) is 2.73. The Hall–Kier alpha value is -1.94. The Morgan fingerprint density at radius 2 is 2.10 bits per heavy atom. The smallest absolute Gasteiger partial charge is 0.138 e. The van der Waals surface area contributed by atoms with Gasteiger partial charge in [-0.2, -0.15) is 0 Å². The summed E-state index contributed by atoms with van der Waals surface area (Å²) in [5, 5.41) is 3.30. The van der Waals surface area contributed by atoms with Crippen molar-refractivity contribution in [3.05, 3.63) is 59.2 Å². The van der Waals surface area contributed by atoms with Crippen molar-refractivity contribution in [2.45, 2.75) is 33.4 Å². The van der Waals surface area contributed by atoms with Crippen LogP contribution in [0.3, 0.4) is 0 Å². The van der Waals surface area contributed by atoms with E-state index in [2.05, 4.69) is 17.2 Å². The number of nitrogens with zero attached hydrogens (tertiary/aromatic N) is 1. The van der Waals surface area contributed by atoms with Gasteiger partial charge in [0.25, 0.3) is 0 Å². The first-order chi connectivity index (χ1) is 10.2. The quantitative estimate of drug-likeness (QED) is 0.790. The third-order valence-electron chi connectivity index (χ3n) is 3.14. The van der Waals surface area contributed by atoms with Crippen molar-refractivity contribution < 1.29 is 9.13 Å². The Balaban J connectivity index is 1.98. The van der Waals surface area contributed by atoms with E-state index in [0.717, 1.165) is 30.8 Å². The lowest BCUT2D eigenvalue weighted by Gasteiger charge is -2.09. The molecule has 112 valence electrons. The van der Waals surface area contributed by atoms with Crippen molar-refractivity contribution in [3.63, 3.8) is 0 Å². The van der Waals surface area contributed by atoms with Crippen LogP contribution in [0.25, 0.3) is 0 Å². The van der Waals surface area contributed by atoms with Gasteiger partial charge in [-0.25, -0.2) is 4.39 Å². The Morgan fingerprint density at radius 3 is 2.81 bits per heavy atom. The molecule has 1 aromatic carbocycles. The van der Waals surface area contributed by atoms with E-state index in [9.17, 15) is 4.39 Å². The molecular formula is C17H21FN2O. The Bertz CT molecular complexity index is 570. The van der Waals surface area contributed by atoms with Crippen LogP contribution in [0.1, 0.15) is 30.2 Å². The molecule has 0 saturated carbocycles. The van der Waals surface area contributed by atoms with Gasteiger partial charge in [-0.05, 0) is 49.7 Å². The molecule has 0 fully saturated rings. The van der Waals surface area contributed by atoms with Crippen molar-refractivity contribution in [1.29, 1.82) is 0 Å². The number of rotatable bonds is 7. The number of aromatic nitrogens is 1. The number of pyridine rings is 1. The molecule has 3 nitrogen and oxygen atoms in total. The van der Waals surface area contributed by atoms with Gasteiger partial charge in [0.1, 0.15) is 18.2 Å². The lowest BCUT2D eigenvalue weighted by atomic mass is 10.1. The zero-order chi connectivity index (χ0) is 15.1. The first-order valence-corrected chi connectivity index (χ1v) is 7.22. The standard InChI is InChI=1S/C17H21FN2O/c1-3-8-19-10-14-5-7-17(18)15(9-14)12-21-16-6-4-13(2)20-11-16/h4-7,9,11,19H,3,8,10,12H2,1-2H3. The minimum Gasteiger partial charge on any atom is -0.487 e. The molecule has 0 aliphatic carbocycles. The summed E-state index contributed by atoms with van der Waals surface area (Å²) >= 11 is 0. The molecule has 0 spiro atoms. The molecule has 0 aliphatic rings. The summed E-state index contributed by atoms with van der Waals surface area (Å²) in [5.74, 6) is 0.406. The van der Waals surface area contributed by atoms with E-state index in [1.807, 2.05) is 25.1 Å². The van der Waals surface area contributed by atoms with E-state index in [-0.39, 0.29) is 12.4 Å². The summed E-state index contributed by atoms with van der Waals surface area (Å²) < 4.78 is 19.4. The molecule has 0 bridgehead atoms. The van der Waals surface area contributed by atoms with E-state index in [1.54, 1.807) is 12.3 Å². The van der Waals surface area contributed by atoms with Gasteiger partial charge in [-0.3, -0.25) is 4.98 Å². The van der Waals surface area contributed by atoms with E-state index in [0.29, 0.717) is 11.3 Å². The summed E-state index contributed by atoms with van der Waals surface area (Å²) in [6.45, 7) is 5.94. The summed E-state index contributed by atoms with van der Waals surface area (Å²) in [4.78, 5) is 4.15. The third kappa shape index (κ3) is 4.83. The first-order valence-electron chi connectivity index (χ1n) is 7.22. The molecule has 2 aromatic rings. The highest BCUT2D eigenvalue weighted by Gasteiger charge is 2.05. The van der Waals surface area contributed by atoms with Crippen molar-refractivity contribution in [2.24, 2.45) is 0 Å².